The molecule has 1 aliphatic rings. The summed E-state index contributed by atoms with van der Waals surface area (Å²) in [5, 5.41) is 14.6. The summed E-state index contributed by atoms with van der Waals surface area (Å²) >= 11 is 1.76. The molecule has 1 atom stereocenters. The van der Waals surface area contributed by atoms with Crippen LogP contribution in [0.1, 0.15) is 41.6 Å². The van der Waals surface area contributed by atoms with E-state index in [2.05, 4.69) is 33.0 Å². The maximum Gasteiger partial charge on any atom is 0.215 e. The summed E-state index contributed by atoms with van der Waals surface area (Å²) in [4.78, 5) is 2.83. The van der Waals surface area contributed by atoms with E-state index in [1.54, 1.807) is 23.5 Å². The normalized spacial score (nSPS) is 16.8. The number of thiophene rings is 1. The second-order valence-corrected chi connectivity index (χ2v) is 7.47. The number of nitrogens with zero attached hydrogens (tertiary/aromatic N) is 4. The Balaban J connectivity index is 1.65. The second-order valence-electron chi connectivity index (χ2n) is 6.49. The fourth-order valence-electron chi connectivity index (χ4n) is 3.55. The van der Waals surface area contributed by atoms with E-state index in [1.165, 1.54) is 41.2 Å². The molecular formula is C18H21FN5S+. The van der Waals surface area contributed by atoms with Crippen LogP contribution in [-0.4, -0.2) is 33.3 Å². The molecule has 3 aromatic rings. The lowest BCUT2D eigenvalue weighted by atomic mass is 10.1. The molecule has 1 fully saturated rings. The van der Waals surface area contributed by atoms with Gasteiger partial charge in [-0.1, -0.05) is 18.2 Å². The SMILES string of the molecule is Fc1ccc(Cn2nnnc2[C@H](c2cccs2)[NH+]2CCCCC2)cc1. The number of piperidine rings is 1. The van der Waals surface area contributed by atoms with Crippen LogP contribution in [0.3, 0.4) is 0 Å². The third kappa shape index (κ3) is 3.62. The molecule has 0 amide bonds. The predicted molar refractivity (Wildman–Crippen MR) is 94.0 cm³/mol. The third-order valence-electron chi connectivity index (χ3n) is 4.80. The molecule has 7 heteroatoms. The third-order valence-corrected chi connectivity index (χ3v) is 5.73. The van der Waals surface area contributed by atoms with E-state index in [1.807, 2.05) is 4.68 Å². The van der Waals surface area contributed by atoms with Gasteiger partial charge in [0.05, 0.1) is 24.5 Å². The predicted octanol–water partition coefficient (Wildman–Crippen LogP) is 2.08. The van der Waals surface area contributed by atoms with Crippen molar-refractivity contribution in [2.24, 2.45) is 0 Å². The highest BCUT2D eigenvalue weighted by molar-refractivity contribution is 7.10. The van der Waals surface area contributed by atoms with Crippen LogP contribution >= 0.6 is 11.3 Å². The molecular weight excluding hydrogens is 337 g/mol. The second kappa shape index (κ2) is 7.41. The number of benzene rings is 1. The first kappa shape index (κ1) is 16.4. The van der Waals surface area contributed by atoms with Crippen LogP contribution in [0.4, 0.5) is 4.39 Å². The fraction of sp³-hybridized carbons (Fsp3) is 0.389. The zero-order valence-electron chi connectivity index (χ0n) is 13.9. The van der Waals surface area contributed by atoms with Crippen molar-refractivity contribution in [1.82, 2.24) is 20.2 Å². The Morgan fingerprint density at radius 2 is 1.92 bits per heavy atom. The largest absolute Gasteiger partial charge is 0.322 e. The molecule has 25 heavy (non-hydrogen) atoms. The summed E-state index contributed by atoms with van der Waals surface area (Å²) in [7, 11) is 0. The molecule has 1 aromatic carbocycles. The number of nitrogens with one attached hydrogen (secondary N) is 1. The molecule has 2 aromatic heterocycles. The minimum atomic E-state index is -0.227. The highest BCUT2D eigenvalue weighted by Gasteiger charge is 2.33. The van der Waals surface area contributed by atoms with Crippen LogP contribution in [0.15, 0.2) is 41.8 Å². The minimum absolute atomic E-state index is 0.163. The molecule has 0 unspecified atom stereocenters. The first-order valence-electron chi connectivity index (χ1n) is 8.70. The van der Waals surface area contributed by atoms with Crippen molar-refractivity contribution < 1.29 is 9.29 Å². The van der Waals surface area contributed by atoms with Crippen molar-refractivity contribution in [3.8, 4) is 0 Å². The van der Waals surface area contributed by atoms with E-state index in [0.717, 1.165) is 24.5 Å². The van der Waals surface area contributed by atoms with Crippen LogP contribution in [0.5, 0.6) is 0 Å². The standard InChI is InChI=1S/C18H20FN5S/c19-15-8-6-14(7-9-15)13-24-18(20-21-22-24)17(16-5-4-12-25-16)23-10-2-1-3-11-23/h4-9,12,17H,1-3,10-11,13H2/p+1/t17-/m0/s1. The van der Waals surface area contributed by atoms with Crippen molar-refractivity contribution in [2.45, 2.75) is 31.8 Å². The van der Waals surface area contributed by atoms with Gasteiger partial charge in [0, 0.05) is 0 Å². The number of likely N-dealkylation sites (tertiary alicyclic amines) is 1. The summed E-state index contributed by atoms with van der Waals surface area (Å²) in [5.74, 6) is 0.665. The molecule has 3 heterocycles. The fourth-order valence-corrected chi connectivity index (χ4v) is 4.43. The lowest BCUT2D eigenvalue weighted by molar-refractivity contribution is -0.930. The van der Waals surface area contributed by atoms with Crippen LogP contribution in [-0.2, 0) is 6.54 Å². The van der Waals surface area contributed by atoms with E-state index in [9.17, 15) is 4.39 Å². The average Bonchev–Trinajstić information content (AvgIpc) is 3.32. The molecule has 1 saturated heterocycles. The van der Waals surface area contributed by atoms with Gasteiger partial charge in [0.25, 0.3) is 0 Å². The van der Waals surface area contributed by atoms with Gasteiger partial charge >= 0.3 is 0 Å². The first-order chi connectivity index (χ1) is 12.3. The molecule has 4 rings (SSSR count). The average molecular weight is 358 g/mol. The van der Waals surface area contributed by atoms with Crippen LogP contribution in [0, 0.1) is 5.82 Å². The van der Waals surface area contributed by atoms with Crippen molar-refractivity contribution in [1.29, 1.82) is 0 Å². The first-order valence-corrected chi connectivity index (χ1v) is 9.58. The Bertz CT molecular complexity index is 793. The number of tetrazole rings is 1. The number of hydrogen-bond acceptors (Lipinski definition) is 4. The molecule has 0 aliphatic carbocycles. The number of aromatic nitrogens is 4. The maximum absolute atomic E-state index is 13.2. The number of quaternary nitrogens is 1. The zero-order chi connectivity index (χ0) is 17.1. The van der Waals surface area contributed by atoms with E-state index < -0.39 is 0 Å². The van der Waals surface area contributed by atoms with Crippen LogP contribution in [0.2, 0.25) is 0 Å². The topological polar surface area (TPSA) is 48.0 Å². The molecule has 5 nitrogen and oxygen atoms in total. The van der Waals surface area contributed by atoms with E-state index >= 15 is 0 Å². The monoisotopic (exact) mass is 358 g/mol. The Labute approximate surface area is 150 Å². The van der Waals surface area contributed by atoms with Gasteiger partial charge in [0.15, 0.2) is 6.04 Å². The molecule has 0 bridgehead atoms. The Morgan fingerprint density at radius 1 is 1.12 bits per heavy atom. The van der Waals surface area contributed by atoms with Gasteiger partial charge in [0.1, 0.15) is 5.82 Å². The quantitative estimate of drug-likeness (QED) is 0.760. The summed E-state index contributed by atoms with van der Waals surface area (Å²) in [5.41, 5.74) is 0.994. The van der Waals surface area contributed by atoms with Crippen molar-refractivity contribution in [3.05, 3.63) is 63.9 Å². The molecule has 130 valence electrons. The van der Waals surface area contributed by atoms with Crippen molar-refractivity contribution >= 4 is 11.3 Å². The minimum Gasteiger partial charge on any atom is -0.322 e. The van der Waals surface area contributed by atoms with Gasteiger partial charge in [0.2, 0.25) is 5.82 Å². The summed E-state index contributed by atoms with van der Waals surface area (Å²) in [6, 6.07) is 11.0. The number of rotatable bonds is 5. The molecule has 0 spiro atoms. The van der Waals surface area contributed by atoms with E-state index in [4.69, 9.17) is 0 Å². The Morgan fingerprint density at radius 3 is 2.64 bits per heavy atom. The molecule has 1 aliphatic heterocycles. The Kier molecular flexibility index (Phi) is 4.85. The van der Waals surface area contributed by atoms with Crippen LogP contribution < -0.4 is 4.90 Å². The van der Waals surface area contributed by atoms with Gasteiger partial charge in [-0.25, -0.2) is 9.07 Å². The van der Waals surface area contributed by atoms with E-state index in [0.29, 0.717) is 6.54 Å². The summed E-state index contributed by atoms with van der Waals surface area (Å²) < 4.78 is 15.0. The smallest absolute Gasteiger partial charge is 0.215 e. The highest BCUT2D eigenvalue weighted by Crippen LogP contribution is 2.23. The van der Waals surface area contributed by atoms with E-state index in [-0.39, 0.29) is 11.9 Å². The van der Waals surface area contributed by atoms with Gasteiger partial charge in [-0.2, -0.15) is 0 Å². The highest BCUT2D eigenvalue weighted by atomic mass is 32.1. The van der Waals surface area contributed by atoms with Gasteiger partial charge in [-0.3, -0.25) is 0 Å². The summed E-state index contributed by atoms with van der Waals surface area (Å²) in [6.07, 6.45) is 3.80. The van der Waals surface area contributed by atoms with Crippen LogP contribution in [0.25, 0.3) is 0 Å². The van der Waals surface area contributed by atoms with Gasteiger partial charge < -0.3 is 4.90 Å². The lowest BCUT2D eigenvalue weighted by Gasteiger charge is -2.30. The molecule has 1 N–H and O–H groups in total. The maximum atomic E-state index is 13.2. The zero-order valence-corrected chi connectivity index (χ0v) is 14.8. The molecule has 0 saturated carbocycles. The van der Waals surface area contributed by atoms with Gasteiger partial charge in [-0.15, -0.1) is 16.4 Å². The summed E-state index contributed by atoms with van der Waals surface area (Å²) in [6.45, 7) is 2.84. The Hall–Kier alpha value is -2.12. The number of halogens is 1. The van der Waals surface area contributed by atoms with Crippen molar-refractivity contribution in [3.63, 3.8) is 0 Å². The molecule has 0 radical (unpaired) electrons. The number of hydrogen-bond donors (Lipinski definition) is 1. The lowest BCUT2D eigenvalue weighted by Crippen LogP contribution is -3.13. The van der Waals surface area contributed by atoms with Gasteiger partial charge in [-0.05, 0) is 58.8 Å². The van der Waals surface area contributed by atoms with Crippen molar-refractivity contribution in [2.75, 3.05) is 13.1 Å².